The Morgan fingerprint density at radius 2 is 1.74 bits per heavy atom. The Bertz CT molecular complexity index is 2130. The zero-order valence-corrected chi connectivity index (χ0v) is 38.5. The fraction of sp³-hybridized carbons (Fsp3) is 0.652. The molecule has 0 bridgehead atoms. The molecule has 15 heteroatoms. The van der Waals surface area contributed by atoms with Gasteiger partial charge in [-0.15, -0.1) is 11.3 Å². The molecule has 4 fully saturated rings. The second kappa shape index (κ2) is 18.0. The Balaban J connectivity index is 1.21. The standard InChI is InChI=1S/C46H61ClN4O9S/c1-10-28-19-46(28,43(55)57-9)20-36(52)35-16-30(21-51(35)42(54)32(45(5,6)7)17-39(53)60-29-14-26-13-27(26)15-29)59-38-18-33(34-23-61-44(50-34)48-24(2)3)49-41-31(38)11-12-37(40(41)47)58-22-25(4)56-8/h11-12,18,23-30,32,35H,10,13-17,19-22H2,1-9H3,(H,48,50)/t25?,26-,27+,28-,29?,30-,32-,35+,46-/m1/s1. The van der Waals surface area contributed by atoms with Gasteiger partial charge in [-0.2, -0.15) is 0 Å². The molecule has 1 N–H and O–H groups in total. The summed E-state index contributed by atoms with van der Waals surface area (Å²) in [6.07, 6.45) is 3.33. The number of rotatable bonds is 18. The summed E-state index contributed by atoms with van der Waals surface area (Å²) in [5.74, 6) is 0.0492. The lowest BCUT2D eigenvalue weighted by Gasteiger charge is -2.35. The van der Waals surface area contributed by atoms with Crippen molar-refractivity contribution in [3.8, 4) is 22.9 Å². The maximum Gasteiger partial charge on any atom is 0.312 e. The van der Waals surface area contributed by atoms with E-state index in [1.165, 1.54) is 24.9 Å². The first-order valence-electron chi connectivity index (χ1n) is 21.7. The molecule has 3 heterocycles. The van der Waals surface area contributed by atoms with Crippen LogP contribution in [0.4, 0.5) is 5.13 Å². The molecule has 0 spiro atoms. The summed E-state index contributed by atoms with van der Waals surface area (Å²) < 4.78 is 29.4. The van der Waals surface area contributed by atoms with Gasteiger partial charge in [0.2, 0.25) is 5.91 Å². The molecule has 2 aromatic heterocycles. The molecule has 61 heavy (non-hydrogen) atoms. The number of carbonyl (C=O) groups excluding carboxylic acids is 4. The van der Waals surface area contributed by atoms with Crippen LogP contribution in [0, 0.1) is 34.5 Å². The fourth-order valence-electron chi connectivity index (χ4n) is 9.35. The molecule has 3 saturated carbocycles. The maximum absolute atomic E-state index is 14.9. The van der Waals surface area contributed by atoms with Crippen LogP contribution >= 0.6 is 22.9 Å². The van der Waals surface area contributed by atoms with E-state index in [4.69, 9.17) is 45.3 Å². The number of ketones is 1. The number of anilines is 1. The number of amides is 1. The second-order valence-electron chi connectivity index (χ2n) is 19.0. The Morgan fingerprint density at radius 1 is 1.00 bits per heavy atom. The number of nitrogens with one attached hydrogen (secondary N) is 1. The number of carbonyl (C=O) groups is 4. The number of hydrogen-bond donors (Lipinski definition) is 1. The first-order chi connectivity index (χ1) is 28.9. The van der Waals surface area contributed by atoms with Gasteiger partial charge >= 0.3 is 11.9 Å². The number of thiazole rings is 1. The van der Waals surface area contributed by atoms with Crippen LogP contribution in [0.3, 0.4) is 0 Å². The largest absolute Gasteiger partial charge is 0.489 e. The van der Waals surface area contributed by atoms with Crippen LogP contribution in [-0.2, 0) is 33.4 Å². The summed E-state index contributed by atoms with van der Waals surface area (Å²) >= 11 is 8.50. The van der Waals surface area contributed by atoms with E-state index in [9.17, 15) is 19.2 Å². The van der Waals surface area contributed by atoms with Crippen molar-refractivity contribution in [1.82, 2.24) is 14.9 Å². The highest BCUT2D eigenvalue weighted by Crippen LogP contribution is 2.58. The smallest absolute Gasteiger partial charge is 0.312 e. The van der Waals surface area contributed by atoms with E-state index in [2.05, 4.69) is 5.32 Å². The molecule has 3 aliphatic carbocycles. The van der Waals surface area contributed by atoms with E-state index in [0.717, 1.165) is 24.4 Å². The van der Waals surface area contributed by atoms with Crippen LogP contribution in [0.15, 0.2) is 23.6 Å². The molecule has 1 amide bonds. The van der Waals surface area contributed by atoms with Crippen molar-refractivity contribution >= 4 is 62.6 Å². The van der Waals surface area contributed by atoms with Gasteiger partial charge in [0.1, 0.15) is 41.0 Å². The van der Waals surface area contributed by atoms with Crippen LogP contribution in [-0.4, -0.2) is 96.3 Å². The van der Waals surface area contributed by atoms with Gasteiger partial charge in [0.25, 0.3) is 0 Å². The van der Waals surface area contributed by atoms with E-state index in [1.54, 1.807) is 18.1 Å². The minimum atomic E-state index is -0.923. The Morgan fingerprint density at radius 3 is 2.38 bits per heavy atom. The number of Topliss-reactive ketones (excluding diaryl/α,β-unsaturated/α-hetero) is 1. The topological polar surface area (TPSA) is 155 Å². The minimum Gasteiger partial charge on any atom is -0.489 e. The number of halogens is 1. The molecule has 1 aliphatic heterocycles. The summed E-state index contributed by atoms with van der Waals surface area (Å²) in [5.41, 5.74) is 0.00978. The quantitative estimate of drug-likeness (QED) is 0.122. The molecular formula is C46H61ClN4O9S. The normalized spacial score (nSPS) is 26.4. The van der Waals surface area contributed by atoms with Crippen molar-refractivity contribution in [2.45, 2.75) is 130 Å². The number of nitrogens with zero attached hydrogens (tertiary/aromatic N) is 3. The summed E-state index contributed by atoms with van der Waals surface area (Å²) in [6.45, 7) is 14.1. The lowest BCUT2D eigenvalue weighted by molar-refractivity contribution is -0.157. The number of methoxy groups -OCH3 is 2. The third-order valence-corrected chi connectivity index (χ3v) is 14.3. The van der Waals surface area contributed by atoms with Crippen molar-refractivity contribution < 1.29 is 42.9 Å². The van der Waals surface area contributed by atoms with Crippen molar-refractivity contribution in [3.05, 3.63) is 28.6 Å². The Kier molecular flexibility index (Phi) is 13.3. The van der Waals surface area contributed by atoms with Gasteiger partial charge in [0, 0.05) is 42.8 Å². The van der Waals surface area contributed by atoms with Gasteiger partial charge in [0.05, 0.1) is 54.8 Å². The van der Waals surface area contributed by atoms with Crippen LogP contribution in [0.2, 0.25) is 5.02 Å². The lowest BCUT2D eigenvalue weighted by Crippen LogP contribution is -2.48. The first kappa shape index (κ1) is 45.0. The molecule has 1 aromatic carbocycles. The van der Waals surface area contributed by atoms with Gasteiger partial charge in [-0.3, -0.25) is 19.2 Å². The predicted octanol–water partition coefficient (Wildman–Crippen LogP) is 8.54. The van der Waals surface area contributed by atoms with Gasteiger partial charge in [-0.1, -0.05) is 45.7 Å². The number of esters is 2. The number of pyridine rings is 1. The van der Waals surface area contributed by atoms with Crippen molar-refractivity contribution in [1.29, 1.82) is 0 Å². The number of ether oxygens (including phenoxy) is 5. The first-order valence-corrected chi connectivity index (χ1v) is 23.0. The van der Waals surface area contributed by atoms with E-state index >= 15 is 0 Å². The third kappa shape index (κ3) is 9.81. The van der Waals surface area contributed by atoms with Crippen LogP contribution in [0.1, 0.15) is 99.8 Å². The SMILES string of the molecule is CC[C@@H]1C[C@]1(CC(=O)[C@@H]1C[C@@H](Oc2cc(-c3csc(NC(C)C)n3)nc3c(Cl)c(OCC(C)OC)ccc23)CN1C(=O)[C@@H](CC(=O)OC1C[C@@H]2C[C@@H]2C1)C(C)(C)C)C(=O)OC. The molecule has 0 radical (unpaired) electrons. The van der Waals surface area contributed by atoms with E-state index in [1.807, 2.05) is 66.0 Å². The van der Waals surface area contributed by atoms with E-state index in [0.29, 0.717) is 52.0 Å². The summed E-state index contributed by atoms with van der Waals surface area (Å²) in [6, 6.07) is 4.68. The zero-order chi connectivity index (χ0) is 44.0. The highest BCUT2D eigenvalue weighted by Gasteiger charge is 2.62. The van der Waals surface area contributed by atoms with Crippen LogP contribution in [0.25, 0.3) is 22.3 Å². The Labute approximate surface area is 367 Å². The van der Waals surface area contributed by atoms with Gasteiger partial charge < -0.3 is 33.9 Å². The number of likely N-dealkylation sites (tertiary alicyclic amines) is 1. The summed E-state index contributed by atoms with van der Waals surface area (Å²) in [4.78, 5) is 67.5. The molecule has 13 nitrogen and oxygen atoms in total. The van der Waals surface area contributed by atoms with Gasteiger partial charge in [-0.05, 0) is 81.8 Å². The van der Waals surface area contributed by atoms with Gasteiger partial charge in [-0.25, -0.2) is 9.97 Å². The number of aromatic nitrogens is 2. The maximum atomic E-state index is 14.9. The zero-order valence-electron chi connectivity index (χ0n) is 36.9. The lowest BCUT2D eigenvalue weighted by atomic mass is 9.77. The molecule has 4 aliphatic rings. The highest BCUT2D eigenvalue weighted by atomic mass is 35.5. The predicted molar refractivity (Wildman–Crippen MR) is 234 cm³/mol. The van der Waals surface area contributed by atoms with Gasteiger partial charge in [0.15, 0.2) is 10.9 Å². The average Bonchev–Trinajstić information content (AvgIpc) is 3.88. The molecule has 1 saturated heterocycles. The molecule has 9 atom stereocenters. The molecule has 332 valence electrons. The molecular weight excluding hydrogens is 820 g/mol. The average molecular weight is 882 g/mol. The highest BCUT2D eigenvalue weighted by molar-refractivity contribution is 7.14. The summed E-state index contributed by atoms with van der Waals surface area (Å²) in [7, 11) is 2.96. The fourth-order valence-corrected chi connectivity index (χ4v) is 10.5. The van der Waals surface area contributed by atoms with Crippen LogP contribution < -0.4 is 14.8 Å². The van der Waals surface area contributed by atoms with Crippen LogP contribution in [0.5, 0.6) is 11.5 Å². The number of benzene rings is 1. The molecule has 3 aromatic rings. The van der Waals surface area contributed by atoms with E-state index < -0.39 is 40.8 Å². The third-order valence-electron chi connectivity index (χ3n) is 13.1. The monoisotopic (exact) mass is 880 g/mol. The summed E-state index contributed by atoms with van der Waals surface area (Å²) in [5, 5.41) is 6.89. The molecule has 2 unspecified atom stereocenters. The van der Waals surface area contributed by atoms with Crippen molar-refractivity contribution in [3.63, 3.8) is 0 Å². The van der Waals surface area contributed by atoms with Crippen molar-refractivity contribution in [2.75, 3.05) is 32.7 Å². The second-order valence-corrected chi connectivity index (χ2v) is 20.3. The number of fused-ring (bicyclic) bond motifs is 2. The molecule has 7 rings (SSSR count). The Hall–Kier alpha value is -4.01. The number of hydrogen-bond acceptors (Lipinski definition) is 13. The van der Waals surface area contributed by atoms with Crippen molar-refractivity contribution in [2.24, 2.45) is 34.5 Å². The minimum absolute atomic E-state index is 0.0140. The van der Waals surface area contributed by atoms with E-state index in [-0.39, 0.29) is 73.3 Å².